The van der Waals surface area contributed by atoms with Gasteiger partial charge in [0.25, 0.3) is 0 Å². The number of hydrogen-bond acceptors (Lipinski definition) is 2. The Balaban J connectivity index is 2.37. The van der Waals surface area contributed by atoms with Gasteiger partial charge in [-0.25, -0.2) is 0 Å². The maximum absolute atomic E-state index is 9.03. The number of benzene rings is 1. The molecule has 0 bridgehead atoms. The zero-order valence-electron chi connectivity index (χ0n) is 13.2. The standard InChI is InChI=1S/C19H20BrNO/c1-12(14-6-7-15(11-21)17(20)8-14)16-9-19(3,4)10-18(22-5)13(16)2/h6-8,10,16H,1-2,9H2,3-5H3. The number of methoxy groups -OCH3 is 1. The minimum atomic E-state index is 0.0317. The van der Waals surface area contributed by atoms with Crippen LogP contribution in [0.15, 0.2) is 53.2 Å². The Morgan fingerprint density at radius 2 is 2.14 bits per heavy atom. The zero-order valence-corrected chi connectivity index (χ0v) is 14.8. The van der Waals surface area contributed by atoms with Crippen LogP contribution in [-0.2, 0) is 4.74 Å². The lowest BCUT2D eigenvalue weighted by Gasteiger charge is -2.36. The zero-order chi connectivity index (χ0) is 16.5. The third-order valence-corrected chi connectivity index (χ3v) is 4.75. The van der Waals surface area contributed by atoms with Crippen LogP contribution in [0.25, 0.3) is 5.57 Å². The summed E-state index contributed by atoms with van der Waals surface area (Å²) in [5.41, 5.74) is 3.64. The van der Waals surface area contributed by atoms with Crippen molar-refractivity contribution in [1.29, 1.82) is 5.26 Å². The maximum Gasteiger partial charge on any atom is 0.118 e. The van der Waals surface area contributed by atoms with Crippen molar-refractivity contribution in [3.05, 3.63) is 64.4 Å². The molecular weight excluding hydrogens is 338 g/mol. The van der Waals surface area contributed by atoms with Gasteiger partial charge in [0.15, 0.2) is 0 Å². The number of ether oxygens (including phenoxy) is 1. The Morgan fingerprint density at radius 3 is 2.68 bits per heavy atom. The minimum Gasteiger partial charge on any atom is -0.497 e. The lowest BCUT2D eigenvalue weighted by molar-refractivity contribution is 0.259. The lowest BCUT2D eigenvalue weighted by Crippen LogP contribution is -2.24. The molecule has 0 N–H and O–H groups in total. The minimum absolute atomic E-state index is 0.0317. The molecule has 0 saturated heterocycles. The van der Waals surface area contributed by atoms with Gasteiger partial charge in [-0.2, -0.15) is 5.26 Å². The van der Waals surface area contributed by atoms with Gasteiger partial charge >= 0.3 is 0 Å². The number of nitriles is 1. The van der Waals surface area contributed by atoms with Crippen LogP contribution in [-0.4, -0.2) is 7.11 Å². The van der Waals surface area contributed by atoms with E-state index >= 15 is 0 Å². The van der Waals surface area contributed by atoms with Crippen molar-refractivity contribution in [2.24, 2.45) is 11.3 Å². The second kappa shape index (κ2) is 6.14. The summed E-state index contributed by atoms with van der Waals surface area (Å²) in [7, 11) is 1.68. The van der Waals surface area contributed by atoms with E-state index in [2.05, 4.69) is 55.1 Å². The summed E-state index contributed by atoms with van der Waals surface area (Å²) < 4.78 is 6.27. The Bertz CT molecular complexity index is 707. The molecule has 2 nitrogen and oxygen atoms in total. The van der Waals surface area contributed by atoms with Crippen LogP contribution in [0.3, 0.4) is 0 Å². The first-order valence-electron chi connectivity index (χ1n) is 7.14. The SMILES string of the molecule is C=C1C(OC)=CC(C)(C)CC1C(=C)c1ccc(C#N)c(Br)c1. The highest BCUT2D eigenvalue weighted by atomic mass is 79.9. The number of nitrogens with zero attached hydrogens (tertiary/aromatic N) is 1. The first kappa shape index (κ1) is 16.6. The first-order chi connectivity index (χ1) is 10.3. The highest BCUT2D eigenvalue weighted by molar-refractivity contribution is 9.10. The third kappa shape index (κ3) is 3.18. The summed E-state index contributed by atoms with van der Waals surface area (Å²) in [6.45, 7) is 12.9. The molecule has 1 unspecified atom stereocenters. The van der Waals surface area contributed by atoms with E-state index in [9.17, 15) is 0 Å². The van der Waals surface area contributed by atoms with E-state index in [4.69, 9.17) is 10.00 Å². The van der Waals surface area contributed by atoms with Crippen LogP contribution in [0.1, 0.15) is 31.4 Å². The Morgan fingerprint density at radius 1 is 1.45 bits per heavy atom. The van der Waals surface area contributed by atoms with E-state index in [1.54, 1.807) is 7.11 Å². The van der Waals surface area contributed by atoms with E-state index in [1.807, 2.05) is 18.2 Å². The van der Waals surface area contributed by atoms with Crippen LogP contribution in [0.5, 0.6) is 0 Å². The Hall–Kier alpha value is -1.79. The second-order valence-electron chi connectivity index (χ2n) is 6.31. The number of rotatable bonds is 3. The monoisotopic (exact) mass is 357 g/mol. The highest BCUT2D eigenvalue weighted by Gasteiger charge is 2.33. The molecule has 0 aromatic heterocycles. The molecule has 0 fully saturated rings. The summed E-state index contributed by atoms with van der Waals surface area (Å²) in [5, 5.41) is 9.03. The van der Waals surface area contributed by atoms with Crippen molar-refractivity contribution in [1.82, 2.24) is 0 Å². The molecule has 1 aliphatic carbocycles. The highest BCUT2D eigenvalue weighted by Crippen LogP contribution is 2.45. The van der Waals surface area contributed by atoms with Gasteiger partial charge in [-0.15, -0.1) is 0 Å². The molecule has 0 radical (unpaired) electrons. The van der Waals surface area contributed by atoms with Crippen LogP contribution in [0.4, 0.5) is 0 Å². The molecule has 2 rings (SSSR count). The molecule has 114 valence electrons. The van der Waals surface area contributed by atoms with Gasteiger partial charge in [-0.05, 0) is 62.7 Å². The summed E-state index contributed by atoms with van der Waals surface area (Å²) in [6, 6.07) is 7.86. The van der Waals surface area contributed by atoms with Crippen LogP contribution in [0.2, 0.25) is 0 Å². The van der Waals surface area contributed by atoms with Crippen molar-refractivity contribution < 1.29 is 4.74 Å². The van der Waals surface area contributed by atoms with Gasteiger partial charge in [-0.3, -0.25) is 0 Å². The van der Waals surface area contributed by atoms with Crippen molar-refractivity contribution in [3.63, 3.8) is 0 Å². The molecule has 1 aromatic rings. The third-order valence-electron chi connectivity index (χ3n) is 4.09. The maximum atomic E-state index is 9.03. The number of allylic oxidation sites excluding steroid dienone is 3. The van der Waals surface area contributed by atoms with E-state index in [0.29, 0.717) is 5.56 Å². The fourth-order valence-electron chi connectivity index (χ4n) is 2.86. The molecule has 0 aliphatic heterocycles. The molecule has 3 heteroatoms. The Labute approximate surface area is 140 Å². The predicted octanol–water partition coefficient (Wildman–Crippen LogP) is 5.47. The topological polar surface area (TPSA) is 33.0 Å². The van der Waals surface area contributed by atoms with E-state index in [1.165, 1.54) is 0 Å². The fourth-order valence-corrected chi connectivity index (χ4v) is 3.33. The van der Waals surface area contributed by atoms with E-state index in [0.717, 1.165) is 33.4 Å². The summed E-state index contributed by atoms with van der Waals surface area (Å²) >= 11 is 3.44. The molecule has 0 amide bonds. The quantitative estimate of drug-likeness (QED) is 0.718. The summed E-state index contributed by atoms with van der Waals surface area (Å²) in [4.78, 5) is 0. The molecule has 1 atom stereocenters. The average molecular weight is 358 g/mol. The largest absolute Gasteiger partial charge is 0.497 e. The van der Waals surface area contributed by atoms with Crippen LogP contribution < -0.4 is 0 Å². The van der Waals surface area contributed by atoms with Crippen LogP contribution >= 0.6 is 15.9 Å². The molecular formula is C19H20BrNO. The smallest absolute Gasteiger partial charge is 0.118 e. The van der Waals surface area contributed by atoms with Gasteiger partial charge in [0.05, 0.1) is 12.7 Å². The van der Waals surface area contributed by atoms with Gasteiger partial charge in [-0.1, -0.05) is 33.1 Å². The van der Waals surface area contributed by atoms with E-state index < -0.39 is 0 Å². The fraction of sp³-hybridized carbons (Fsp3) is 0.316. The molecule has 1 aliphatic rings. The van der Waals surface area contributed by atoms with E-state index in [-0.39, 0.29) is 11.3 Å². The van der Waals surface area contributed by atoms with Gasteiger partial charge in [0, 0.05) is 10.4 Å². The first-order valence-corrected chi connectivity index (χ1v) is 7.93. The molecule has 22 heavy (non-hydrogen) atoms. The van der Waals surface area contributed by atoms with Crippen molar-refractivity contribution >= 4 is 21.5 Å². The normalized spacial score (nSPS) is 20.0. The molecule has 0 saturated carbocycles. The summed E-state index contributed by atoms with van der Waals surface area (Å²) in [6.07, 6.45) is 3.07. The second-order valence-corrected chi connectivity index (χ2v) is 7.17. The number of halogens is 1. The molecule has 1 aromatic carbocycles. The van der Waals surface area contributed by atoms with Crippen molar-refractivity contribution in [2.45, 2.75) is 20.3 Å². The van der Waals surface area contributed by atoms with Gasteiger partial charge in [0.1, 0.15) is 11.8 Å². The van der Waals surface area contributed by atoms with Gasteiger partial charge < -0.3 is 4.74 Å². The van der Waals surface area contributed by atoms with Crippen molar-refractivity contribution in [2.75, 3.05) is 7.11 Å². The van der Waals surface area contributed by atoms with Crippen LogP contribution in [0, 0.1) is 22.7 Å². The van der Waals surface area contributed by atoms with Crippen molar-refractivity contribution in [3.8, 4) is 6.07 Å². The Kier molecular flexibility index (Phi) is 4.63. The van der Waals surface area contributed by atoms with Gasteiger partial charge in [0.2, 0.25) is 0 Å². The predicted molar refractivity (Wildman–Crippen MR) is 94.0 cm³/mol. The summed E-state index contributed by atoms with van der Waals surface area (Å²) in [5.74, 6) is 0.977. The molecule has 0 heterocycles. The lowest BCUT2D eigenvalue weighted by atomic mass is 9.70. The number of hydrogen-bond donors (Lipinski definition) is 0. The average Bonchev–Trinajstić information content (AvgIpc) is 2.48. The molecule has 0 spiro atoms.